The highest BCUT2D eigenvalue weighted by Crippen LogP contribution is 2.28. The molecule has 0 spiro atoms. The van der Waals surface area contributed by atoms with E-state index >= 15 is 0 Å². The van der Waals surface area contributed by atoms with Gasteiger partial charge in [0.15, 0.2) is 11.5 Å². The first-order valence-electron chi connectivity index (χ1n) is 9.58. The molecule has 10 nitrogen and oxygen atoms in total. The summed E-state index contributed by atoms with van der Waals surface area (Å²) in [6, 6.07) is 16.6. The molecule has 3 aromatic carbocycles. The molecule has 0 heterocycles. The van der Waals surface area contributed by atoms with Crippen LogP contribution in [0.3, 0.4) is 0 Å². The number of nitrogens with one attached hydrogen (secondary N) is 1. The highest BCUT2D eigenvalue weighted by molar-refractivity contribution is 5.95. The minimum Gasteiger partial charge on any atom is -0.493 e. The molecule has 3 aromatic rings. The summed E-state index contributed by atoms with van der Waals surface area (Å²) in [5.41, 5.74) is 3.95. The van der Waals surface area contributed by atoms with E-state index in [1.165, 1.54) is 49.7 Å². The highest BCUT2D eigenvalue weighted by atomic mass is 16.6. The number of hydrazone groups is 1. The maximum Gasteiger partial charge on any atom is 0.335 e. The zero-order valence-corrected chi connectivity index (χ0v) is 17.4. The zero-order chi connectivity index (χ0) is 23.8. The van der Waals surface area contributed by atoms with Crippen molar-refractivity contribution in [3.8, 4) is 11.5 Å². The number of hydrogen-bond acceptors (Lipinski definition) is 7. The van der Waals surface area contributed by atoms with Gasteiger partial charge in [-0.05, 0) is 53.6 Å². The number of benzene rings is 3. The van der Waals surface area contributed by atoms with Crippen LogP contribution in [0, 0.1) is 10.1 Å². The van der Waals surface area contributed by atoms with Crippen LogP contribution in [0.2, 0.25) is 0 Å². The zero-order valence-electron chi connectivity index (χ0n) is 17.4. The van der Waals surface area contributed by atoms with E-state index in [2.05, 4.69) is 10.5 Å². The first-order valence-corrected chi connectivity index (χ1v) is 9.58. The first kappa shape index (κ1) is 22.9. The number of ether oxygens (including phenoxy) is 2. The number of carbonyl (C=O) groups excluding carboxylic acids is 1. The van der Waals surface area contributed by atoms with Crippen LogP contribution in [0.5, 0.6) is 11.5 Å². The molecule has 0 aliphatic carbocycles. The number of methoxy groups -OCH3 is 1. The Balaban J connectivity index is 1.62. The number of carboxylic acid groups (broad SMARTS) is 1. The Morgan fingerprint density at radius 2 is 1.82 bits per heavy atom. The Hall–Kier alpha value is -4.73. The number of carbonyl (C=O) groups is 2. The number of nitro groups is 1. The fourth-order valence-corrected chi connectivity index (χ4v) is 2.80. The normalized spacial score (nSPS) is 10.6. The number of aromatic carboxylic acids is 1. The van der Waals surface area contributed by atoms with Crippen molar-refractivity contribution in [2.75, 3.05) is 7.11 Å². The predicted octanol–water partition coefficient (Wildman–Crippen LogP) is 3.64. The van der Waals surface area contributed by atoms with E-state index in [4.69, 9.17) is 14.6 Å². The summed E-state index contributed by atoms with van der Waals surface area (Å²) >= 11 is 0. The quantitative estimate of drug-likeness (QED) is 0.289. The molecular formula is C23H19N3O7. The molecule has 2 N–H and O–H groups in total. The van der Waals surface area contributed by atoms with Gasteiger partial charge in [0.05, 0.1) is 23.8 Å². The third kappa shape index (κ3) is 6.14. The number of nitrogens with zero attached hydrogens (tertiary/aromatic N) is 2. The topological polar surface area (TPSA) is 140 Å². The number of non-ortho nitro benzene ring substituents is 1. The summed E-state index contributed by atoms with van der Waals surface area (Å²) in [5, 5.41) is 23.7. The molecular weight excluding hydrogens is 430 g/mol. The van der Waals surface area contributed by atoms with Crippen molar-refractivity contribution in [2.45, 2.75) is 6.61 Å². The summed E-state index contributed by atoms with van der Waals surface area (Å²) in [5.74, 6) is -0.657. The van der Waals surface area contributed by atoms with Gasteiger partial charge < -0.3 is 14.6 Å². The Kier molecular flexibility index (Phi) is 7.32. The summed E-state index contributed by atoms with van der Waals surface area (Å²) in [4.78, 5) is 33.3. The van der Waals surface area contributed by atoms with E-state index in [1.807, 2.05) is 0 Å². The van der Waals surface area contributed by atoms with Gasteiger partial charge in [0.25, 0.3) is 11.6 Å². The fourth-order valence-electron chi connectivity index (χ4n) is 2.80. The smallest absolute Gasteiger partial charge is 0.335 e. The third-order valence-electron chi connectivity index (χ3n) is 4.48. The molecule has 10 heteroatoms. The molecule has 0 fully saturated rings. The van der Waals surface area contributed by atoms with Crippen LogP contribution in [0.15, 0.2) is 71.8 Å². The van der Waals surface area contributed by atoms with Crippen molar-refractivity contribution in [1.82, 2.24) is 5.43 Å². The van der Waals surface area contributed by atoms with Crippen LogP contribution in [-0.4, -0.2) is 35.2 Å². The van der Waals surface area contributed by atoms with E-state index in [9.17, 15) is 19.7 Å². The average Bonchev–Trinajstić information content (AvgIpc) is 2.83. The average molecular weight is 449 g/mol. The van der Waals surface area contributed by atoms with Crippen LogP contribution in [0.1, 0.15) is 31.8 Å². The second-order valence-electron chi connectivity index (χ2n) is 6.71. The molecule has 0 radical (unpaired) electrons. The van der Waals surface area contributed by atoms with Crippen LogP contribution in [-0.2, 0) is 6.61 Å². The second-order valence-corrected chi connectivity index (χ2v) is 6.71. The van der Waals surface area contributed by atoms with Gasteiger partial charge in [-0.3, -0.25) is 14.9 Å². The van der Waals surface area contributed by atoms with Crippen molar-refractivity contribution in [3.63, 3.8) is 0 Å². The van der Waals surface area contributed by atoms with Crippen molar-refractivity contribution in [3.05, 3.63) is 99.1 Å². The summed E-state index contributed by atoms with van der Waals surface area (Å²) < 4.78 is 11.1. The maximum absolute atomic E-state index is 12.1. The van der Waals surface area contributed by atoms with Gasteiger partial charge in [0.1, 0.15) is 6.61 Å². The van der Waals surface area contributed by atoms with E-state index in [0.29, 0.717) is 22.6 Å². The molecule has 0 unspecified atom stereocenters. The number of amides is 1. The molecule has 33 heavy (non-hydrogen) atoms. The highest BCUT2D eigenvalue weighted by Gasteiger charge is 2.10. The predicted molar refractivity (Wildman–Crippen MR) is 119 cm³/mol. The standard InChI is InChI=1S/C23H19N3O7/c1-32-21-12-15(13-24-25-22(27)17-6-8-19(9-7-17)26(30)31)5-10-20(21)33-14-16-3-2-4-18(11-16)23(28)29/h2-13H,14H2,1H3,(H,25,27)(H,28,29)/b24-13-. The van der Waals surface area contributed by atoms with E-state index < -0.39 is 16.8 Å². The molecule has 0 aliphatic heterocycles. The number of hydrogen-bond donors (Lipinski definition) is 2. The van der Waals surface area contributed by atoms with Crippen molar-refractivity contribution < 1.29 is 29.1 Å². The van der Waals surface area contributed by atoms with Gasteiger partial charge in [-0.1, -0.05) is 12.1 Å². The van der Waals surface area contributed by atoms with E-state index in [1.54, 1.807) is 30.3 Å². The lowest BCUT2D eigenvalue weighted by Crippen LogP contribution is -2.17. The minimum atomic E-state index is -1.02. The Morgan fingerprint density at radius 3 is 2.48 bits per heavy atom. The molecule has 0 saturated heterocycles. The van der Waals surface area contributed by atoms with Crippen LogP contribution < -0.4 is 14.9 Å². The lowest BCUT2D eigenvalue weighted by atomic mass is 10.1. The fraction of sp³-hybridized carbons (Fsp3) is 0.0870. The van der Waals surface area contributed by atoms with Gasteiger partial charge >= 0.3 is 5.97 Å². The van der Waals surface area contributed by atoms with Crippen molar-refractivity contribution >= 4 is 23.8 Å². The Labute approximate surface area is 188 Å². The van der Waals surface area contributed by atoms with Crippen LogP contribution in [0.25, 0.3) is 0 Å². The van der Waals surface area contributed by atoms with E-state index in [0.717, 1.165) is 0 Å². The summed E-state index contributed by atoms with van der Waals surface area (Å²) in [7, 11) is 1.48. The van der Waals surface area contributed by atoms with Gasteiger partial charge in [-0.15, -0.1) is 0 Å². The van der Waals surface area contributed by atoms with Crippen molar-refractivity contribution in [2.24, 2.45) is 5.10 Å². The third-order valence-corrected chi connectivity index (χ3v) is 4.48. The monoisotopic (exact) mass is 449 g/mol. The maximum atomic E-state index is 12.1. The number of carboxylic acids is 1. The van der Waals surface area contributed by atoms with E-state index in [-0.39, 0.29) is 23.4 Å². The number of nitro benzene ring substituents is 1. The lowest BCUT2D eigenvalue weighted by molar-refractivity contribution is -0.384. The van der Waals surface area contributed by atoms with Crippen LogP contribution >= 0.6 is 0 Å². The SMILES string of the molecule is COc1cc(/C=N\NC(=O)c2ccc([N+](=O)[O-])cc2)ccc1OCc1cccc(C(=O)O)c1. The van der Waals surface area contributed by atoms with Gasteiger partial charge in [0, 0.05) is 17.7 Å². The second kappa shape index (κ2) is 10.5. The van der Waals surface area contributed by atoms with Gasteiger partial charge in [0.2, 0.25) is 0 Å². The molecule has 3 rings (SSSR count). The molecule has 0 atom stereocenters. The van der Waals surface area contributed by atoms with Gasteiger partial charge in [-0.25, -0.2) is 10.2 Å². The summed E-state index contributed by atoms with van der Waals surface area (Å²) in [6.45, 7) is 0.149. The summed E-state index contributed by atoms with van der Waals surface area (Å²) in [6.07, 6.45) is 1.41. The molecule has 0 saturated carbocycles. The molecule has 168 valence electrons. The largest absolute Gasteiger partial charge is 0.493 e. The van der Waals surface area contributed by atoms with Crippen molar-refractivity contribution in [1.29, 1.82) is 0 Å². The molecule has 0 aliphatic rings. The minimum absolute atomic E-state index is 0.112. The van der Waals surface area contributed by atoms with Gasteiger partial charge in [-0.2, -0.15) is 5.10 Å². The Morgan fingerprint density at radius 1 is 1.06 bits per heavy atom. The lowest BCUT2D eigenvalue weighted by Gasteiger charge is -2.11. The first-order chi connectivity index (χ1) is 15.9. The number of rotatable bonds is 9. The molecule has 1 amide bonds. The molecule has 0 bridgehead atoms. The van der Waals surface area contributed by atoms with Crippen LogP contribution in [0.4, 0.5) is 5.69 Å². The Bertz CT molecular complexity index is 1210. The molecule has 0 aromatic heterocycles.